The van der Waals surface area contributed by atoms with Crippen LogP contribution in [0.4, 0.5) is 4.79 Å². The molecule has 16 heavy (non-hydrogen) atoms. The average molecular weight is 226 g/mol. The van der Waals surface area contributed by atoms with Gasteiger partial charge in [0.2, 0.25) is 0 Å². The molecule has 1 aliphatic rings. The lowest BCUT2D eigenvalue weighted by Gasteiger charge is -2.29. The Morgan fingerprint density at radius 1 is 1.50 bits per heavy atom. The molecule has 1 rings (SSSR count). The number of allylic oxidation sites excluding steroid dienone is 2. The maximum absolute atomic E-state index is 11.4. The Labute approximate surface area is 95.2 Å². The smallest absolute Gasteiger partial charge is 0.425 e. The molecule has 0 aliphatic heterocycles. The summed E-state index contributed by atoms with van der Waals surface area (Å²) < 4.78 is 4.69. The van der Waals surface area contributed by atoms with Gasteiger partial charge in [-0.2, -0.15) is 0 Å². The van der Waals surface area contributed by atoms with E-state index < -0.39 is 6.09 Å². The van der Waals surface area contributed by atoms with Crippen molar-refractivity contribution in [3.8, 4) is 0 Å². The number of ketones is 1. The largest absolute Gasteiger partial charge is 0.449 e. The van der Waals surface area contributed by atoms with Crippen LogP contribution in [0.25, 0.3) is 0 Å². The quantitative estimate of drug-likeness (QED) is 0.716. The van der Waals surface area contributed by atoms with E-state index in [1.54, 1.807) is 6.92 Å². The summed E-state index contributed by atoms with van der Waals surface area (Å²) in [6.07, 6.45) is 2.25. The standard InChI is InChI=1S/C11H18N2O3/c1-4-16-10(15)13-12-8-5-9(14)7-11(2,3)6-8/h5,12H,4,6-7H2,1-3H3,(H,13,15). The van der Waals surface area contributed by atoms with Crippen molar-refractivity contribution in [3.63, 3.8) is 0 Å². The first kappa shape index (κ1) is 12.5. The fraction of sp³-hybridized carbons (Fsp3) is 0.636. The van der Waals surface area contributed by atoms with Crippen molar-refractivity contribution in [2.75, 3.05) is 6.61 Å². The number of carbonyl (C=O) groups is 2. The number of hydrogen-bond donors (Lipinski definition) is 2. The number of hydrogen-bond acceptors (Lipinski definition) is 4. The Hall–Kier alpha value is -1.52. The van der Waals surface area contributed by atoms with E-state index in [9.17, 15) is 9.59 Å². The van der Waals surface area contributed by atoms with Gasteiger partial charge in [0, 0.05) is 18.2 Å². The molecular formula is C11H18N2O3. The summed E-state index contributed by atoms with van der Waals surface area (Å²) >= 11 is 0. The topological polar surface area (TPSA) is 67.4 Å². The van der Waals surface area contributed by atoms with Crippen molar-refractivity contribution in [2.45, 2.75) is 33.6 Å². The van der Waals surface area contributed by atoms with E-state index in [1.807, 2.05) is 13.8 Å². The molecular weight excluding hydrogens is 208 g/mol. The van der Waals surface area contributed by atoms with Gasteiger partial charge >= 0.3 is 6.09 Å². The van der Waals surface area contributed by atoms with Crippen LogP contribution in [0, 0.1) is 5.41 Å². The van der Waals surface area contributed by atoms with Gasteiger partial charge < -0.3 is 4.74 Å². The Morgan fingerprint density at radius 3 is 2.75 bits per heavy atom. The third-order valence-corrected chi connectivity index (χ3v) is 2.26. The number of nitrogens with one attached hydrogen (secondary N) is 2. The van der Waals surface area contributed by atoms with E-state index in [-0.39, 0.29) is 11.2 Å². The van der Waals surface area contributed by atoms with Gasteiger partial charge in [-0.05, 0) is 18.8 Å². The summed E-state index contributed by atoms with van der Waals surface area (Å²) in [5.41, 5.74) is 5.74. The number of ether oxygens (including phenoxy) is 1. The molecule has 0 saturated carbocycles. The van der Waals surface area contributed by atoms with Gasteiger partial charge in [-0.15, -0.1) is 0 Å². The van der Waals surface area contributed by atoms with Crippen molar-refractivity contribution in [1.29, 1.82) is 0 Å². The zero-order chi connectivity index (χ0) is 12.2. The lowest BCUT2D eigenvalue weighted by atomic mass is 9.79. The van der Waals surface area contributed by atoms with E-state index >= 15 is 0 Å². The molecule has 0 saturated heterocycles. The summed E-state index contributed by atoms with van der Waals surface area (Å²) in [7, 11) is 0. The molecule has 0 heterocycles. The summed E-state index contributed by atoms with van der Waals surface area (Å²) in [4.78, 5) is 22.4. The van der Waals surface area contributed by atoms with Crippen LogP contribution in [-0.4, -0.2) is 18.5 Å². The third-order valence-electron chi connectivity index (χ3n) is 2.26. The highest BCUT2D eigenvalue weighted by molar-refractivity contribution is 5.91. The molecule has 0 spiro atoms. The monoisotopic (exact) mass is 226 g/mol. The predicted octanol–water partition coefficient (Wildman–Crippen LogP) is 1.51. The molecule has 0 unspecified atom stereocenters. The minimum Gasteiger partial charge on any atom is -0.449 e. The zero-order valence-electron chi connectivity index (χ0n) is 9.92. The Kier molecular flexibility index (Phi) is 3.93. The molecule has 0 aromatic heterocycles. The molecule has 5 nitrogen and oxygen atoms in total. The van der Waals surface area contributed by atoms with E-state index in [0.717, 1.165) is 6.42 Å². The number of carbonyl (C=O) groups excluding carboxylic acids is 2. The first-order chi connectivity index (χ1) is 7.43. The number of rotatable bonds is 3. The fourth-order valence-electron chi connectivity index (χ4n) is 1.72. The Morgan fingerprint density at radius 2 is 2.19 bits per heavy atom. The molecule has 0 aromatic rings. The Bertz CT molecular complexity index is 321. The predicted molar refractivity (Wildman–Crippen MR) is 59.4 cm³/mol. The van der Waals surface area contributed by atoms with E-state index in [0.29, 0.717) is 18.7 Å². The normalized spacial score (nSPS) is 18.7. The van der Waals surface area contributed by atoms with Gasteiger partial charge in [0.05, 0.1) is 6.61 Å². The molecule has 5 heteroatoms. The van der Waals surface area contributed by atoms with Crippen LogP contribution in [0.15, 0.2) is 11.8 Å². The van der Waals surface area contributed by atoms with E-state index in [1.165, 1.54) is 6.08 Å². The van der Waals surface area contributed by atoms with Crippen LogP contribution in [0.3, 0.4) is 0 Å². The molecule has 2 N–H and O–H groups in total. The highest BCUT2D eigenvalue weighted by atomic mass is 16.5. The fourth-order valence-corrected chi connectivity index (χ4v) is 1.72. The van der Waals surface area contributed by atoms with Crippen LogP contribution in [0.5, 0.6) is 0 Å². The summed E-state index contributed by atoms with van der Waals surface area (Å²) in [6, 6.07) is 0. The molecule has 90 valence electrons. The van der Waals surface area contributed by atoms with Crippen molar-refractivity contribution in [3.05, 3.63) is 11.8 Å². The minimum atomic E-state index is -0.542. The highest BCUT2D eigenvalue weighted by Gasteiger charge is 2.27. The molecule has 0 aromatic carbocycles. The van der Waals surface area contributed by atoms with Gasteiger partial charge in [-0.1, -0.05) is 13.8 Å². The molecule has 1 amide bonds. The second-order valence-corrected chi connectivity index (χ2v) is 4.62. The van der Waals surface area contributed by atoms with Crippen LogP contribution >= 0.6 is 0 Å². The molecule has 1 aliphatic carbocycles. The van der Waals surface area contributed by atoms with Gasteiger partial charge in [-0.25, -0.2) is 10.2 Å². The first-order valence-electron chi connectivity index (χ1n) is 5.35. The van der Waals surface area contributed by atoms with Gasteiger partial charge in [0.1, 0.15) is 0 Å². The van der Waals surface area contributed by atoms with Crippen molar-refractivity contribution < 1.29 is 14.3 Å². The van der Waals surface area contributed by atoms with Crippen molar-refractivity contribution >= 4 is 11.9 Å². The van der Waals surface area contributed by atoms with Crippen LogP contribution < -0.4 is 10.9 Å². The molecule has 0 atom stereocenters. The third kappa shape index (κ3) is 3.92. The first-order valence-corrected chi connectivity index (χ1v) is 5.35. The van der Waals surface area contributed by atoms with Crippen LogP contribution in [0.1, 0.15) is 33.6 Å². The summed E-state index contributed by atoms with van der Waals surface area (Å²) in [5, 5.41) is 0. The lowest BCUT2D eigenvalue weighted by molar-refractivity contribution is -0.117. The molecule has 0 radical (unpaired) electrons. The number of amides is 1. The number of hydrazine groups is 1. The van der Waals surface area contributed by atoms with E-state index in [2.05, 4.69) is 15.6 Å². The highest BCUT2D eigenvalue weighted by Crippen LogP contribution is 2.32. The maximum Gasteiger partial charge on any atom is 0.425 e. The van der Waals surface area contributed by atoms with Gasteiger partial charge in [0.25, 0.3) is 0 Å². The molecule has 0 fully saturated rings. The van der Waals surface area contributed by atoms with Crippen LogP contribution in [0.2, 0.25) is 0 Å². The minimum absolute atomic E-state index is 0.0650. The maximum atomic E-state index is 11.4. The second kappa shape index (κ2) is 5.01. The SMILES string of the molecule is CCOC(=O)NNC1=CC(=O)CC(C)(C)C1. The zero-order valence-corrected chi connectivity index (χ0v) is 9.92. The lowest BCUT2D eigenvalue weighted by Crippen LogP contribution is -2.40. The Balaban J connectivity index is 2.48. The van der Waals surface area contributed by atoms with Crippen molar-refractivity contribution in [1.82, 2.24) is 10.9 Å². The summed E-state index contributed by atoms with van der Waals surface area (Å²) in [6.45, 7) is 6.08. The van der Waals surface area contributed by atoms with E-state index in [4.69, 9.17) is 0 Å². The average Bonchev–Trinajstić information content (AvgIpc) is 2.12. The molecule has 0 bridgehead atoms. The van der Waals surface area contributed by atoms with Crippen molar-refractivity contribution in [2.24, 2.45) is 5.41 Å². The van der Waals surface area contributed by atoms with Crippen LogP contribution in [-0.2, 0) is 9.53 Å². The van der Waals surface area contributed by atoms with Gasteiger partial charge in [-0.3, -0.25) is 10.2 Å². The van der Waals surface area contributed by atoms with Gasteiger partial charge in [0.15, 0.2) is 5.78 Å². The second-order valence-electron chi connectivity index (χ2n) is 4.62. The summed E-state index contributed by atoms with van der Waals surface area (Å²) in [5.74, 6) is 0.0735.